The fraction of sp³-hybridized carbons (Fsp3) is 0.267. The topological polar surface area (TPSA) is 61.2 Å². The third kappa shape index (κ3) is 3.31. The molecule has 0 aliphatic heterocycles. The van der Waals surface area contributed by atoms with Crippen LogP contribution >= 0.6 is 11.6 Å². The lowest BCUT2D eigenvalue weighted by molar-refractivity contribution is -0.111. The number of hydrogen-bond donors (Lipinski definition) is 0. The molecule has 2 aromatic rings. The summed E-state index contributed by atoms with van der Waals surface area (Å²) in [6, 6.07) is 8.95. The summed E-state index contributed by atoms with van der Waals surface area (Å²) in [5.41, 5.74) is 1.35. The molecule has 0 spiro atoms. The smallest absolute Gasteiger partial charge is 0.270 e. The highest BCUT2D eigenvalue weighted by atomic mass is 35.5. The van der Waals surface area contributed by atoms with Gasteiger partial charge in [-0.05, 0) is 36.7 Å². The maximum atomic E-state index is 12.1. The van der Waals surface area contributed by atoms with Crippen molar-refractivity contribution in [2.45, 2.75) is 19.9 Å². The third-order valence-electron chi connectivity index (χ3n) is 3.06. The van der Waals surface area contributed by atoms with Crippen molar-refractivity contribution < 1.29 is 9.53 Å². The number of hydrogen-bond acceptors (Lipinski definition) is 4. The van der Waals surface area contributed by atoms with Gasteiger partial charge < -0.3 is 4.74 Å². The molecule has 0 bridgehead atoms. The summed E-state index contributed by atoms with van der Waals surface area (Å²) in [6.45, 7) is 2.22. The fourth-order valence-electron chi connectivity index (χ4n) is 2.08. The molecule has 21 heavy (non-hydrogen) atoms. The highest BCUT2D eigenvalue weighted by molar-refractivity contribution is 6.63. The van der Waals surface area contributed by atoms with Crippen LogP contribution in [0, 0.1) is 0 Å². The molecule has 1 aromatic carbocycles. The minimum atomic E-state index is -0.577. The van der Waals surface area contributed by atoms with Gasteiger partial charge in [0.05, 0.1) is 19.2 Å². The molecule has 5 nitrogen and oxygen atoms in total. The van der Waals surface area contributed by atoms with Crippen LogP contribution in [0.3, 0.4) is 0 Å². The number of nitrogens with zero attached hydrogens (tertiary/aromatic N) is 2. The summed E-state index contributed by atoms with van der Waals surface area (Å²) in [7, 11) is 1.57. The first-order chi connectivity index (χ1) is 10.1. The number of carbonyl (C=O) groups is 1. The minimum absolute atomic E-state index is 0.120. The van der Waals surface area contributed by atoms with Gasteiger partial charge in [-0.2, -0.15) is 5.10 Å². The van der Waals surface area contributed by atoms with Crippen molar-refractivity contribution in [1.29, 1.82) is 0 Å². The minimum Gasteiger partial charge on any atom is -0.496 e. The zero-order valence-electron chi connectivity index (χ0n) is 11.8. The van der Waals surface area contributed by atoms with Crippen LogP contribution in [-0.2, 0) is 17.8 Å². The molecule has 6 heteroatoms. The molecular formula is C15H15ClN2O3. The lowest BCUT2D eigenvalue weighted by Gasteiger charge is -2.11. The van der Waals surface area contributed by atoms with E-state index in [1.807, 2.05) is 31.2 Å². The van der Waals surface area contributed by atoms with E-state index in [0.29, 0.717) is 23.6 Å². The van der Waals surface area contributed by atoms with E-state index < -0.39 is 5.24 Å². The van der Waals surface area contributed by atoms with Crippen LogP contribution in [0.1, 0.15) is 12.5 Å². The van der Waals surface area contributed by atoms with Gasteiger partial charge in [0.2, 0.25) is 5.24 Å². The second-order valence-corrected chi connectivity index (χ2v) is 4.83. The van der Waals surface area contributed by atoms with Crippen LogP contribution in [0.5, 0.6) is 5.75 Å². The van der Waals surface area contributed by atoms with Gasteiger partial charge in [-0.3, -0.25) is 9.59 Å². The van der Waals surface area contributed by atoms with Crippen molar-refractivity contribution >= 4 is 16.8 Å². The molecule has 0 radical (unpaired) electrons. The quantitative estimate of drug-likeness (QED) is 0.795. The van der Waals surface area contributed by atoms with Crippen LogP contribution < -0.4 is 10.3 Å². The van der Waals surface area contributed by atoms with E-state index >= 15 is 0 Å². The average molecular weight is 307 g/mol. The fourth-order valence-corrected chi connectivity index (χ4v) is 2.22. The molecule has 1 aromatic heterocycles. The molecule has 0 N–H and O–H groups in total. The van der Waals surface area contributed by atoms with Gasteiger partial charge in [0.25, 0.3) is 5.56 Å². The van der Waals surface area contributed by atoms with Gasteiger partial charge in [-0.1, -0.05) is 12.1 Å². The number of rotatable bonds is 5. The second kappa shape index (κ2) is 6.54. The van der Waals surface area contributed by atoms with Gasteiger partial charge >= 0.3 is 0 Å². The molecule has 0 unspecified atom stereocenters. The Balaban J connectivity index is 2.64. The summed E-state index contributed by atoms with van der Waals surface area (Å²) < 4.78 is 6.62. The molecule has 110 valence electrons. The van der Waals surface area contributed by atoms with Crippen LogP contribution in [-0.4, -0.2) is 22.1 Å². The van der Waals surface area contributed by atoms with Crippen LogP contribution in [0.25, 0.3) is 11.3 Å². The van der Waals surface area contributed by atoms with Gasteiger partial charge in [-0.25, -0.2) is 4.68 Å². The molecule has 0 atom stereocenters. The number of carbonyl (C=O) groups excluding carboxylic acids is 1. The van der Waals surface area contributed by atoms with Crippen LogP contribution in [0.15, 0.2) is 35.1 Å². The predicted octanol–water partition coefficient (Wildman–Crippen LogP) is 2.25. The lowest BCUT2D eigenvalue weighted by atomic mass is 10.1. The van der Waals surface area contributed by atoms with E-state index in [0.717, 1.165) is 5.56 Å². The highest BCUT2D eigenvalue weighted by Gasteiger charge is 2.14. The summed E-state index contributed by atoms with van der Waals surface area (Å²) in [5, 5.41) is 3.73. The van der Waals surface area contributed by atoms with Crippen molar-refractivity contribution in [2.24, 2.45) is 0 Å². The molecule has 0 amide bonds. The van der Waals surface area contributed by atoms with E-state index in [9.17, 15) is 9.59 Å². The number of benzene rings is 1. The summed E-state index contributed by atoms with van der Waals surface area (Å²) in [6.07, 6.45) is -0.120. The summed E-state index contributed by atoms with van der Waals surface area (Å²) >= 11 is 5.40. The van der Waals surface area contributed by atoms with Crippen molar-refractivity contribution in [1.82, 2.24) is 9.78 Å². The molecule has 0 saturated carbocycles. The summed E-state index contributed by atoms with van der Waals surface area (Å²) in [5.74, 6) is 0.648. The number of aryl methyl sites for hydroxylation is 1. The van der Waals surface area contributed by atoms with E-state index in [-0.39, 0.29) is 12.0 Å². The van der Waals surface area contributed by atoms with Gasteiger partial charge in [0, 0.05) is 17.7 Å². The lowest BCUT2D eigenvalue weighted by Crippen LogP contribution is -2.26. The third-order valence-corrected chi connectivity index (χ3v) is 3.19. The second-order valence-electron chi connectivity index (χ2n) is 4.41. The Bertz CT molecular complexity index is 725. The van der Waals surface area contributed by atoms with Gasteiger partial charge in [-0.15, -0.1) is 0 Å². The maximum Gasteiger partial charge on any atom is 0.270 e. The van der Waals surface area contributed by atoms with E-state index in [4.69, 9.17) is 16.3 Å². The first kappa shape index (κ1) is 15.3. The Hall–Kier alpha value is -2.14. The average Bonchev–Trinajstić information content (AvgIpc) is 2.48. The summed E-state index contributed by atoms with van der Waals surface area (Å²) in [4.78, 5) is 23.2. The van der Waals surface area contributed by atoms with Crippen molar-refractivity contribution in [3.8, 4) is 17.0 Å². The number of para-hydroxylation sites is 1. The number of aromatic nitrogens is 2. The molecule has 0 fully saturated rings. The standard InChI is InChI=1S/C15H15ClN2O3/c1-3-18-15(20)10(9-14(16)19)8-12(17-18)11-6-4-5-7-13(11)21-2/h4-8H,3,9H2,1-2H3. The zero-order valence-corrected chi connectivity index (χ0v) is 12.6. The monoisotopic (exact) mass is 306 g/mol. The zero-order chi connectivity index (χ0) is 15.4. The molecule has 0 saturated heterocycles. The first-order valence-corrected chi connectivity index (χ1v) is 6.87. The first-order valence-electron chi connectivity index (χ1n) is 6.49. The van der Waals surface area contributed by atoms with Crippen molar-refractivity contribution in [3.05, 3.63) is 46.2 Å². The van der Waals surface area contributed by atoms with Gasteiger partial charge in [0.15, 0.2) is 0 Å². The molecule has 0 aliphatic rings. The molecule has 0 aliphatic carbocycles. The molecular weight excluding hydrogens is 292 g/mol. The Kier molecular flexibility index (Phi) is 4.75. The Morgan fingerprint density at radius 1 is 1.38 bits per heavy atom. The van der Waals surface area contributed by atoms with E-state index in [2.05, 4.69) is 5.10 Å². The molecule has 1 heterocycles. The predicted molar refractivity (Wildman–Crippen MR) is 80.7 cm³/mol. The van der Waals surface area contributed by atoms with Crippen LogP contribution in [0.2, 0.25) is 0 Å². The number of halogens is 1. The highest BCUT2D eigenvalue weighted by Crippen LogP contribution is 2.27. The van der Waals surface area contributed by atoms with Gasteiger partial charge in [0.1, 0.15) is 5.75 Å². The number of methoxy groups -OCH3 is 1. The van der Waals surface area contributed by atoms with Crippen LogP contribution in [0.4, 0.5) is 0 Å². The van der Waals surface area contributed by atoms with E-state index in [1.54, 1.807) is 13.2 Å². The largest absolute Gasteiger partial charge is 0.496 e. The Morgan fingerprint density at radius 2 is 2.10 bits per heavy atom. The van der Waals surface area contributed by atoms with Crippen molar-refractivity contribution in [3.63, 3.8) is 0 Å². The maximum absolute atomic E-state index is 12.1. The normalized spacial score (nSPS) is 10.4. The number of ether oxygens (including phenoxy) is 1. The SMILES string of the molecule is CCn1nc(-c2ccccc2OC)cc(CC(=O)Cl)c1=O. The van der Waals surface area contributed by atoms with Crippen molar-refractivity contribution in [2.75, 3.05) is 7.11 Å². The Labute approximate surface area is 127 Å². The molecule has 2 rings (SSSR count). The van der Waals surface area contributed by atoms with E-state index in [1.165, 1.54) is 4.68 Å². The Morgan fingerprint density at radius 3 is 2.71 bits per heavy atom.